The second kappa shape index (κ2) is 5.81. The average Bonchev–Trinajstić information content (AvgIpc) is 3.07. The zero-order valence-electron chi connectivity index (χ0n) is 14.3. The van der Waals surface area contributed by atoms with Gasteiger partial charge in [-0.1, -0.05) is 60.7 Å². The van der Waals surface area contributed by atoms with E-state index < -0.39 is 0 Å². The molecule has 3 heteroatoms. The summed E-state index contributed by atoms with van der Waals surface area (Å²) >= 11 is 0. The maximum atomic E-state index is 6.11. The molecule has 0 aliphatic carbocycles. The van der Waals surface area contributed by atoms with E-state index in [0.29, 0.717) is 0 Å². The Labute approximate surface area is 151 Å². The van der Waals surface area contributed by atoms with Gasteiger partial charge >= 0.3 is 0 Å². The van der Waals surface area contributed by atoms with Crippen molar-refractivity contribution in [2.24, 2.45) is 0 Å². The Kier molecular flexibility index (Phi) is 3.32. The van der Waals surface area contributed by atoms with Crippen LogP contribution >= 0.6 is 0 Å². The number of rotatable bonds is 2. The van der Waals surface area contributed by atoms with Gasteiger partial charge in [0.15, 0.2) is 5.58 Å². The molecule has 0 aliphatic heterocycles. The van der Waals surface area contributed by atoms with Gasteiger partial charge in [0, 0.05) is 10.9 Å². The zero-order chi connectivity index (χ0) is 17.5. The van der Waals surface area contributed by atoms with Gasteiger partial charge < -0.3 is 4.42 Å². The number of aromatic nitrogens is 2. The fraction of sp³-hybridized carbons (Fsp3) is 0.0435. The quantitative estimate of drug-likeness (QED) is 0.396. The molecular weight excluding hydrogens is 320 g/mol. The summed E-state index contributed by atoms with van der Waals surface area (Å²) in [7, 11) is 0. The molecule has 0 saturated heterocycles. The van der Waals surface area contributed by atoms with Gasteiger partial charge in [0.2, 0.25) is 0 Å². The number of nitrogens with zero attached hydrogens (tertiary/aromatic N) is 2. The van der Waals surface area contributed by atoms with Crippen LogP contribution in [-0.4, -0.2) is 9.97 Å². The summed E-state index contributed by atoms with van der Waals surface area (Å²) < 4.78 is 6.11. The van der Waals surface area contributed by atoms with Crippen LogP contribution in [0.15, 0.2) is 83.3 Å². The van der Waals surface area contributed by atoms with Crippen molar-refractivity contribution in [3.63, 3.8) is 0 Å². The third-order valence-electron chi connectivity index (χ3n) is 4.57. The van der Waals surface area contributed by atoms with E-state index in [4.69, 9.17) is 9.40 Å². The van der Waals surface area contributed by atoms with Gasteiger partial charge in [-0.3, -0.25) is 0 Å². The van der Waals surface area contributed by atoms with Gasteiger partial charge in [-0.05, 0) is 36.2 Å². The van der Waals surface area contributed by atoms with E-state index in [1.54, 1.807) is 0 Å². The van der Waals surface area contributed by atoms with Crippen molar-refractivity contribution >= 4 is 22.1 Å². The summed E-state index contributed by atoms with van der Waals surface area (Å²) in [5.74, 6) is 0.740. The molecule has 0 spiro atoms. The summed E-state index contributed by atoms with van der Waals surface area (Å²) in [6, 6.07) is 26.7. The van der Waals surface area contributed by atoms with Crippen molar-refractivity contribution in [1.82, 2.24) is 9.97 Å². The largest absolute Gasteiger partial charge is 0.452 e. The van der Waals surface area contributed by atoms with Gasteiger partial charge in [0.25, 0.3) is 0 Å². The van der Waals surface area contributed by atoms with Crippen LogP contribution in [0.25, 0.3) is 44.5 Å². The maximum Gasteiger partial charge on any atom is 0.180 e. The van der Waals surface area contributed by atoms with E-state index in [1.165, 1.54) is 5.56 Å². The van der Waals surface area contributed by atoms with Gasteiger partial charge in [-0.25, -0.2) is 9.97 Å². The molecule has 124 valence electrons. The normalized spacial score (nSPS) is 11.3. The van der Waals surface area contributed by atoms with Crippen molar-refractivity contribution in [2.45, 2.75) is 6.92 Å². The smallest absolute Gasteiger partial charge is 0.180 e. The third-order valence-corrected chi connectivity index (χ3v) is 4.57. The molecule has 3 nitrogen and oxygen atoms in total. The summed E-state index contributed by atoms with van der Waals surface area (Å²) in [5.41, 5.74) is 6.64. The molecule has 0 aliphatic rings. The van der Waals surface area contributed by atoms with Gasteiger partial charge in [0.1, 0.15) is 22.6 Å². The molecule has 2 heterocycles. The molecule has 0 amide bonds. The topological polar surface area (TPSA) is 38.9 Å². The SMILES string of the molecule is Cc1nc(-c2cccc(-c3ccccc3)c2)c2oc3ccccc3c2n1. The van der Waals surface area contributed by atoms with Gasteiger partial charge in [-0.2, -0.15) is 0 Å². The lowest BCUT2D eigenvalue weighted by atomic mass is 10.0. The minimum atomic E-state index is 0.738. The second-order valence-electron chi connectivity index (χ2n) is 6.34. The number of hydrogen-bond donors (Lipinski definition) is 0. The number of aryl methyl sites for hydroxylation is 1. The van der Waals surface area contributed by atoms with Crippen molar-refractivity contribution in [1.29, 1.82) is 0 Å². The zero-order valence-corrected chi connectivity index (χ0v) is 14.3. The van der Waals surface area contributed by atoms with E-state index in [9.17, 15) is 0 Å². The molecule has 0 atom stereocenters. The number of fused-ring (bicyclic) bond motifs is 3. The fourth-order valence-corrected chi connectivity index (χ4v) is 3.38. The first-order valence-corrected chi connectivity index (χ1v) is 8.61. The lowest BCUT2D eigenvalue weighted by Crippen LogP contribution is -1.92. The molecule has 0 N–H and O–H groups in total. The van der Waals surface area contributed by atoms with Crippen molar-refractivity contribution in [2.75, 3.05) is 0 Å². The lowest BCUT2D eigenvalue weighted by molar-refractivity contribution is 0.666. The Bertz CT molecular complexity index is 1240. The third kappa shape index (κ3) is 2.37. The fourth-order valence-electron chi connectivity index (χ4n) is 3.38. The first kappa shape index (κ1) is 14.8. The number of benzene rings is 3. The molecule has 3 aromatic carbocycles. The van der Waals surface area contributed by atoms with E-state index in [1.807, 2.05) is 49.4 Å². The summed E-state index contributed by atoms with van der Waals surface area (Å²) in [6.07, 6.45) is 0. The second-order valence-corrected chi connectivity index (χ2v) is 6.34. The molecule has 2 aromatic heterocycles. The van der Waals surface area contributed by atoms with Crippen LogP contribution in [0, 0.1) is 6.92 Å². The Morgan fingerprint density at radius 1 is 0.692 bits per heavy atom. The van der Waals surface area contributed by atoms with Crippen LogP contribution in [0.5, 0.6) is 0 Å². The predicted molar refractivity (Wildman–Crippen MR) is 105 cm³/mol. The molecule has 0 fully saturated rings. The minimum absolute atomic E-state index is 0.738. The highest BCUT2D eigenvalue weighted by Crippen LogP contribution is 2.34. The Hall–Kier alpha value is -3.46. The maximum absolute atomic E-state index is 6.11. The molecule has 26 heavy (non-hydrogen) atoms. The molecule has 0 unspecified atom stereocenters. The van der Waals surface area contributed by atoms with Crippen LogP contribution in [0.4, 0.5) is 0 Å². The van der Waals surface area contributed by atoms with E-state index in [2.05, 4.69) is 41.4 Å². The first-order chi connectivity index (χ1) is 12.8. The Morgan fingerprint density at radius 3 is 2.31 bits per heavy atom. The number of para-hydroxylation sites is 1. The van der Waals surface area contributed by atoms with E-state index in [0.717, 1.165) is 44.7 Å². The van der Waals surface area contributed by atoms with Crippen LogP contribution in [-0.2, 0) is 0 Å². The summed E-state index contributed by atoms with van der Waals surface area (Å²) in [5, 5.41) is 1.02. The molecule has 0 saturated carbocycles. The summed E-state index contributed by atoms with van der Waals surface area (Å²) in [4.78, 5) is 9.32. The Balaban J connectivity index is 1.77. The van der Waals surface area contributed by atoms with Crippen molar-refractivity contribution in [3.8, 4) is 22.4 Å². The highest BCUT2D eigenvalue weighted by molar-refractivity contribution is 6.06. The number of furan rings is 1. The number of hydrogen-bond acceptors (Lipinski definition) is 3. The van der Waals surface area contributed by atoms with Crippen molar-refractivity contribution < 1.29 is 4.42 Å². The van der Waals surface area contributed by atoms with Crippen LogP contribution in [0.2, 0.25) is 0 Å². The highest BCUT2D eigenvalue weighted by Gasteiger charge is 2.16. The molecule has 0 bridgehead atoms. The highest BCUT2D eigenvalue weighted by atomic mass is 16.3. The predicted octanol–water partition coefficient (Wildman–Crippen LogP) is 6.02. The van der Waals surface area contributed by atoms with Crippen molar-refractivity contribution in [3.05, 3.63) is 84.7 Å². The average molecular weight is 336 g/mol. The van der Waals surface area contributed by atoms with Gasteiger partial charge in [-0.15, -0.1) is 0 Å². The molecule has 5 rings (SSSR count). The van der Waals surface area contributed by atoms with Gasteiger partial charge in [0.05, 0.1) is 0 Å². The summed E-state index contributed by atoms with van der Waals surface area (Å²) in [6.45, 7) is 1.92. The molecule has 0 radical (unpaired) electrons. The lowest BCUT2D eigenvalue weighted by Gasteiger charge is -2.06. The van der Waals surface area contributed by atoms with E-state index >= 15 is 0 Å². The molecular formula is C23H16N2O. The first-order valence-electron chi connectivity index (χ1n) is 8.61. The standard InChI is InChI=1S/C23H16N2O/c1-15-24-21(23-22(25-15)19-12-5-6-13-20(19)26-23)18-11-7-10-17(14-18)16-8-3-2-4-9-16/h2-14H,1H3. The van der Waals surface area contributed by atoms with Crippen LogP contribution in [0.1, 0.15) is 5.82 Å². The van der Waals surface area contributed by atoms with Crippen LogP contribution < -0.4 is 0 Å². The Morgan fingerprint density at radius 2 is 1.42 bits per heavy atom. The monoisotopic (exact) mass is 336 g/mol. The minimum Gasteiger partial charge on any atom is -0.452 e. The van der Waals surface area contributed by atoms with E-state index in [-0.39, 0.29) is 0 Å². The molecule has 5 aromatic rings. The van der Waals surface area contributed by atoms with Crippen LogP contribution in [0.3, 0.4) is 0 Å².